The predicted molar refractivity (Wildman–Crippen MR) is 41.6 cm³/mol. The molecule has 0 N–H and O–H groups in total. The summed E-state index contributed by atoms with van der Waals surface area (Å²) in [5.74, 6) is 0. The largest absolute Gasteiger partial charge is 0.323 e. The minimum Gasteiger partial charge on any atom is -0.323 e. The first kappa shape index (κ1) is 7.08. The number of hydrogen-bond acceptors (Lipinski definition) is 1. The Hall–Kier alpha value is -0.0300. The van der Waals surface area contributed by atoms with E-state index in [2.05, 4.69) is 13.0 Å². The first-order valence-corrected chi connectivity index (χ1v) is 5.67. The second kappa shape index (κ2) is 1.98. The molecule has 1 nitrogen and oxygen atoms in total. The van der Waals surface area contributed by atoms with Gasteiger partial charge in [-0.1, -0.05) is 18.6 Å². The van der Waals surface area contributed by atoms with E-state index < -0.39 is 7.14 Å². The van der Waals surface area contributed by atoms with Gasteiger partial charge in [0, 0.05) is 11.8 Å². The average Bonchev–Trinajstić information content (AvgIpc) is 1.79. The quantitative estimate of drug-likeness (QED) is 0.376. The van der Waals surface area contributed by atoms with Crippen molar-refractivity contribution in [3.05, 3.63) is 11.6 Å². The van der Waals surface area contributed by atoms with E-state index in [0.29, 0.717) is 5.66 Å². The predicted octanol–water partition coefficient (Wildman–Crippen LogP) is 2.33. The van der Waals surface area contributed by atoms with Crippen LogP contribution in [0.25, 0.3) is 0 Å². The summed E-state index contributed by atoms with van der Waals surface area (Å²) >= 11 is 0. The van der Waals surface area contributed by atoms with Gasteiger partial charge < -0.3 is 4.57 Å². The van der Waals surface area contributed by atoms with Crippen molar-refractivity contribution in [2.75, 3.05) is 12.8 Å². The van der Waals surface area contributed by atoms with Crippen LogP contribution in [-0.2, 0) is 4.57 Å². The molecular formula is C7H13OP. The van der Waals surface area contributed by atoms with Gasteiger partial charge in [-0.2, -0.15) is 0 Å². The normalized spacial score (nSPS) is 43.0. The van der Waals surface area contributed by atoms with Crippen LogP contribution in [0.15, 0.2) is 11.6 Å². The van der Waals surface area contributed by atoms with Crippen LogP contribution in [0.3, 0.4) is 0 Å². The molecule has 1 aliphatic rings. The van der Waals surface area contributed by atoms with E-state index in [0.717, 1.165) is 6.16 Å². The maximum absolute atomic E-state index is 11.5. The fourth-order valence-corrected chi connectivity index (χ4v) is 3.21. The zero-order valence-corrected chi connectivity index (χ0v) is 7.11. The molecule has 0 radical (unpaired) electrons. The Bertz CT molecular complexity index is 193. The zero-order chi connectivity index (χ0) is 7.07. The molecule has 0 aliphatic carbocycles. The third-order valence-corrected chi connectivity index (χ3v) is 4.95. The Morgan fingerprint density at radius 3 is 2.44 bits per heavy atom. The highest BCUT2D eigenvalue weighted by Crippen LogP contribution is 2.53. The molecule has 0 aromatic carbocycles. The molecule has 0 fully saturated rings. The zero-order valence-electron chi connectivity index (χ0n) is 6.22. The topological polar surface area (TPSA) is 17.1 Å². The maximum atomic E-state index is 11.5. The van der Waals surface area contributed by atoms with Crippen LogP contribution < -0.4 is 0 Å². The number of rotatable bonds is 0. The second-order valence-electron chi connectivity index (χ2n) is 3.09. The summed E-state index contributed by atoms with van der Waals surface area (Å²) < 4.78 is 11.5. The van der Waals surface area contributed by atoms with E-state index in [1.807, 2.05) is 13.6 Å². The van der Waals surface area contributed by atoms with Crippen LogP contribution in [-0.4, -0.2) is 18.5 Å². The molecule has 0 aromatic rings. The molecule has 0 amide bonds. The number of hydrogen-bond donors (Lipinski definition) is 0. The van der Waals surface area contributed by atoms with Gasteiger partial charge in [0.25, 0.3) is 0 Å². The molecule has 0 aromatic heterocycles. The summed E-state index contributed by atoms with van der Waals surface area (Å²) in [6, 6.07) is 0. The lowest BCUT2D eigenvalue weighted by molar-refractivity contribution is 0.578. The highest BCUT2D eigenvalue weighted by Gasteiger charge is 2.27. The Balaban J connectivity index is 2.84. The van der Waals surface area contributed by atoms with Gasteiger partial charge in [0.15, 0.2) is 0 Å². The van der Waals surface area contributed by atoms with E-state index in [1.54, 1.807) is 0 Å². The van der Waals surface area contributed by atoms with Crippen molar-refractivity contribution < 1.29 is 4.57 Å². The van der Waals surface area contributed by atoms with Gasteiger partial charge in [-0.15, -0.1) is 0 Å². The van der Waals surface area contributed by atoms with Crippen molar-refractivity contribution in [2.45, 2.75) is 19.5 Å². The molecule has 0 saturated heterocycles. The molecule has 1 rings (SSSR count). The van der Waals surface area contributed by atoms with E-state index in [1.165, 1.54) is 5.57 Å². The van der Waals surface area contributed by atoms with Gasteiger partial charge in [-0.05, 0) is 13.6 Å². The smallest absolute Gasteiger partial charge is 0.0948 e. The molecule has 2 atom stereocenters. The summed E-state index contributed by atoms with van der Waals surface area (Å²) in [7, 11) is -1.78. The van der Waals surface area contributed by atoms with E-state index >= 15 is 0 Å². The fourth-order valence-electron chi connectivity index (χ4n) is 1.26. The van der Waals surface area contributed by atoms with Gasteiger partial charge in [0.2, 0.25) is 0 Å². The highest BCUT2D eigenvalue weighted by atomic mass is 31.2. The molecule has 0 spiro atoms. The monoisotopic (exact) mass is 144 g/mol. The lowest BCUT2D eigenvalue weighted by atomic mass is 10.3. The van der Waals surface area contributed by atoms with Crippen LogP contribution in [0.4, 0.5) is 0 Å². The van der Waals surface area contributed by atoms with Crippen LogP contribution in [0, 0.1) is 0 Å². The summed E-state index contributed by atoms with van der Waals surface area (Å²) in [5.41, 5.74) is 1.63. The minimum absolute atomic E-state index is 0.331. The van der Waals surface area contributed by atoms with E-state index in [-0.39, 0.29) is 0 Å². The molecule has 2 unspecified atom stereocenters. The maximum Gasteiger partial charge on any atom is 0.0948 e. The second-order valence-corrected chi connectivity index (χ2v) is 6.56. The van der Waals surface area contributed by atoms with E-state index in [9.17, 15) is 4.57 Å². The van der Waals surface area contributed by atoms with E-state index in [4.69, 9.17) is 0 Å². The van der Waals surface area contributed by atoms with Crippen molar-refractivity contribution in [1.29, 1.82) is 0 Å². The Kier molecular flexibility index (Phi) is 1.56. The molecule has 1 aliphatic heterocycles. The Morgan fingerprint density at radius 2 is 2.33 bits per heavy atom. The fraction of sp³-hybridized carbons (Fsp3) is 0.714. The van der Waals surface area contributed by atoms with Crippen molar-refractivity contribution in [3.63, 3.8) is 0 Å². The molecule has 52 valence electrons. The van der Waals surface area contributed by atoms with Gasteiger partial charge in [-0.3, -0.25) is 0 Å². The van der Waals surface area contributed by atoms with Gasteiger partial charge in [0.1, 0.15) is 0 Å². The van der Waals surface area contributed by atoms with Gasteiger partial charge in [-0.25, -0.2) is 0 Å². The van der Waals surface area contributed by atoms with Crippen molar-refractivity contribution >= 4 is 7.14 Å². The SMILES string of the molecule is CC1=CC(C)P(C)(=O)C1. The lowest BCUT2D eigenvalue weighted by Crippen LogP contribution is -1.92. The van der Waals surface area contributed by atoms with Crippen LogP contribution in [0.2, 0.25) is 0 Å². The first-order chi connectivity index (χ1) is 4.02. The third kappa shape index (κ3) is 1.27. The minimum atomic E-state index is -1.78. The Labute approximate surface area is 56.5 Å². The molecule has 0 saturated carbocycles. The lowest BCUT2D eigenvalue weighted by Gasteiger charge is -2.08. The summed E-state index contributed by atoms with van der Waals surface area (Å²) in [5, 5.41) is 0. The van der Waals surface area contributed by atoms with Crippen LogP contribution >= 0.6 is 7.14 Å². The van der Waals surface area contributed by atoms with Crippen LogP contribution in [0.5, 0.6) is 0 Å². The van der Waals surface area contributed by atoms with Crippen molar-refractivity contribution in [3.8, 4) is 0 Å². The standard InChI is InChI=1S/C7H13OP/c1-6-4-7(2)9(3,8)5-6/h4,7H,5H2,1-3H3. The van der Waals surface area contributed by atoms with Gasteiger partial charge >= 0.3 is 0 Å². The highest BCUT2D eigenvalue weighted by molar-refractivity contribution is 7.64. The molecule has 9 heavy (non-hydrogen) atoms. The van der Waals surface area contributed by atoms with Crippen molar-refractivity contribution in [2.24, 2.45) is 0 Å². The molecule has 0 bridgehead atoms. The van der Waals surface area contributed by atoms with Gasteiger partial charge in [0.05, 0.1) is 7.14 Å². The number of allylic oxidation sites excluding steroid dienone is 2. The summed E-state index contributed by atoms with van der Waals surface area (Å²) in [6.45, 7) is 5.99. The first-order valence-electron chi connectivity index (χ1n) is 3.26. The molecular weight excluding hydrogens is 131 g/mol. The summed E-state index contributed by atoms with van der Waals surface area (Å²) in [6.07, 6.45) is 2.97. The van der Waals surface area contributed by atoms with Crippen molar-refractivity contribution in [1.82, 2.24) is 0 Å². The average molecular weight is 144 g/mol. The molecule has 1 heterocycles. The van der Waals surface area contributed by atoms with Crippen LogP contribution in [0.1, 0.15) is 13.8 Å². The summed E-state index contributed by atoms with van der Waals surface area (Å²) in [4.78, 5) is 0. The molecule has 2 heteroatoms. The third-order valence-electron chi connectivity index (χ3n) is 1.95. The Morgan fingerprint density at radius 1 is 1.78 bits per heavy atom.